The predicted molar refractivity (Wildman–Crippen MR) is 192 cm³/mol. The third-order valence-electron chi connectivity index (χ3n) is 9.07. The molecule has 1 aliphatic rings. The molecular weight excluding hydrogens is 629 g/mol. The fourth-order valence-electron chi connectivity index (χ4n) is 6.51. The molecule has 1 fully saturated rings. The minimum absolute atomic E-state index is 0.120. The number of amides is 1. The molecule has 1 aliphatic heterocycles. The van der Waals surface area contributed by atoms with Gasteiger partial charge in [-0.05, 0) is 68.8 Å². The van der Waals surface area contributed by atoms with Gasteiger partial charge in [0.2, 0.25) is 0 Å². The van der Waals surface area contributed by atoms with Crippen molar-refractivity contribution >= 4 is 51.5 Å². The molecule has 47 heavy (non-hydrogen) atoms. The molecule has 3 aromatic carbocycles. The third kappa shape index (κ3) is 6.12. The van der Waals surface area contributed by atoms with E-state index in [2.05, 4.69) is 32.0 Å². The Morgan fingerprint density at radius 1 is 0.936 bits per heavy atom. The van der Waals surface area contributed by atoms with Gasteiger partial charge in [-0.2, -0.15) is 0 Å². The van der Waals surface area contributed by atoms with E-state index in [1.165, 1.54) is 0 Å². The van der Waals surface area contributed by atoms with Gasteiger partial charge in [-0.1, -0.05) is 71.7 Å². The number of carbonyl (C=O) groups excluding carboxylic acids is 1. The van der Waals surface area contributed by atoms with Gasteiger partial charge in [-0.15, -0.1) is 0 Å². The van der Waals surface area contributed by atoms with Crippen molar-refractivity contribution in [2.45, 2.75) is 31.8 Å². The van der Waals surface area contributed by atoms with Crippen molar-refractivity contribution in [3.05, 3.63) is 119 Å². The Kier molecular flexibility index (Phi) is 8.73. The number of halogens is 2. The second-order valence-electron chi connectivity index (χ2n) is 11.9. The maximum atomic E-state index is 14.5. The smallest absolute Gasteiger partial charge is 0.272 e. The number of nitrogens with one attached hydrogen (secondary N) is 3. The Hall–Kier alpha value is -4.63. The summed E-state index contributed by atoms with van der Waals surface area (Å²) in [6, 6.07) is 27.6. The van der Waals surface area contributed by atoms with Gasteiger partial charge in [0.25, 0.3) is 5.91 Å². The summed E-state index contributed by atoms with van der Waals surface area (Å²) in [5.41, 5.74) is 6.16. The highest BCUT2D eigenvalue weighted by Crippen LogP contribution is 2.41. The molecule has 1 saturated heterocycles. The number of piperidine rings is 1. The predicted octanol–water partition coefficient (Wildman–Crippen LogP) is 8.45. The molecule has 0 radical (unpaired) electrons. The van der Waals surface area contributed by atoms with Gasteiger partial charge < -0.3 is 25.1 Å². The fraction of sp³-hybridized carbons (Fsp3) is 0.216. The minimum Gasteiger partial charge on any atom is -0.355 e. The van der Waals surface area contributed by atoms with Crippen molar-refractivity contribution in [1.82, 2.24) is 24.8 Å². The van der Waals surface area contributed by atoms with Crippen LogP contribution in [0.4, 0.5) is 11.5 Å². The Morgan fingerprint density at radius 3 is 2.43 bits per heavy atom. The van der Waals surface area contributed by atoms with Gasteiger partial charge in [0.05, 0.1) is 29.4 Å². The van der Waals surface area contributed by atoms with Gasteiger partial charge in [0.15, 0.2) is 5.82 Å². The Balaban J connectivity index is 1.37. The van der Waals surface area contributed by atoms with Crippen molar-refractivity contribution < 1.29 is 4.79 Å². The number of benzene rings is 3. The summed E-state index contributed by atoms with van der Waals surface area (Å²) in [6.07, 6.45) is 5.63. The number of aromatic amines is 1. The van der Waals surface area contributed by atoms with E-state index in [1.807, 2.05) is 98.3 Å². The van der Waals surface area contributed by atoms with Crippen molar-refractivity contribution in [3.63, 3.8) is 0 Å². The zero-order chi connectivity index (χ0) is 32.5. The number of H-pyrrole nitrogens is 1. The van der Waals surface area contributed by atoms with E-state index in [9.17, 15) is 4.79 Å². The molecule has 6 aromatic rings. The average Bonchev–Trinajstić information content (AvgIpc) is 3.70. The fourth-order valence-corrected chi connectivity index (χ4v) is 6.81. The van der Waals surface area contributed by atoms with Crippen LogP contribution < -0.4 is 15.5 Å². The van der Waals surface area contributed by atoms with E-state index in [-0.39, 0.29) is 11.9 Å². The maximum Gasteiger partial charge on any atom is 0.272 e. The van der Waals surface area contributed by atoms with Crippen LogP contribution in [-0.4, -0.2) is 51.6 Å². The third-order valence-corrected chi connectivity index (χ3v) is 9.56. The van der Waals surface area contributed by atoms with Crippen LogP contribution >= 0.6 is 23.2 Å². The zero-order valence-corrected chi connectivity index (χ0v) is 27.7. The number of pyridine rings is 1. The monoisotopic (exact) mass is 663 g/mol. The first-order chi connectivity index (χ1) is 22.9. The number of aromatic nitrogens is 4. The van der Waals surface area contributed by atoms with Crippen LogP contribution in [0.1, 0.15) is 41.9 Å². The number of imidazole rings is 1. The lowest BCUT2D eigenvalue weighted by atomic mass is 9.99. The van der Waals surface area contributed by atoms with Crippen molar-refractivity contribution in [2.24, 2.45) is 0 Å². The molecule has 10 heteroatoms. The van der Waals surface area contributed by atoms with E-state index < -0.39 is 0 Å². The molecular formula is C37H35Cl2N7O. The van der Waals surface area contributed by atoms with E-state index in [4.69, 9.17) is 33.2 Å². The average molecular weight is 665 g/mol. The molecule has 0 saturated carbocycles. The van der Waals surface area contributed by atoms with Gasteiger partial charge in [-0.25, -0.2) is 9.97 Å². The Morgan fingerprint density at radius 2 is 1.68 bits per heavy atom. The van der Waals surface area contributed by atoms with Crippen LogP contribution in [0.3, 0.4) is 0 Å². The molecule has 3 aromatic heterocycles. The summed E-state index contributed by atoms with van der Waals surface area (Å²) >= 11 is 12.7. The summed E-state index contributed by atoms with van der Waals surface area (Å²) in [5, 5.41) is 8.69. The number of carbonyl (C=O) groups is 1. The van der Waals surface area contributed by atoms with E-state index >= 15 is 0 Å². The first kappa shape index (κ1) is 31.0. The molecule has 4 heterocycles. The van der Waals surface area contributed by atoms with Crippen molar-refractivity contribution in [1.29, 1.82) is 0 Å². The molecule has 238 valence electrons. The summed E-state index contributed by atoms with van der Waals surface area (Å²) in [4.78, 5) is 29.8. The summed E-state index contributed by atoms with van der Waals surface area (Å²) in [7, 11) is 2.00. The van der Waals surface area contributed by atoms with Crippen LogP contribution in [0.2, 0.25) is 10.0 Å². The van der Waals surface area contributed by atoms with Crippen LogP contribution in [0.15, 0.2) is 97.5 Å². The molecule has 1 amide bonds. The first-order valence-electron chi connectivity index (χ1n) is 15.8. The van der Waals surface area contributed by atoms with Gasteiger partial charge >= 0.3 is 0 Å². The number of rotatable bonds is 8. The van der Waals surface area contributed by atoms with Crippen LogP contribution in [0, 0.1) is 0 Å². The van der Waals surface area contributed by atoms with E-state index in [0.717, 1.165) is 70.7 Å². The second-order valence-corrected chi connectivity index (χ2v) is 12.8. The minimum atomic E-state index is -0.280. The largest absolute Gasteiger partial charge is 0.355 e. The van der Waals surface area contributed by atoms with Gasteiger partial charge in [-0.3, -0.25) is 4.79 Å². The quantitative estimate of drug-likeness (QED) is 0.152. The molecule has 0 bridgehead atoms. The first-order valence-corrected chi connectivity index (χ1v) is 16.5. The molecule has 1 unspecified atom stereocenters. The zero-order valence-electron chi connectivity index (χ0n) is 26.2. The molecule has 0 spiro atoms. The molecule has 3 N–H and O–H groups in total. The SMILES string of the molecule is CNC1CCN(c2ncccc2NC(=O)c2[nH]c3cc(Cl)ccc3c2-c2c(-c3ccccc3)ncn2C(C)c2ccc(Cl)cc2)CC1. The molecule has 1 atom stereocenters. The number of nitrogens with zero attached hydrogens (tertiary/aromatic N) is 4. The second kappa shape index (κ2) is 13.2. The normalized spacial score (nSPS) is 14.4. The lowest BCUT2D eigenvalue weighted by molar-refractivity contribution is 0.102. The standard InChI is InChI=1S/C37H35Cl2N7O/c1-23(24-10-12-26(38)13-11-24)46-22-42-33(25-7-4-3-5-8-25)35(46)32-29-15-14-27(39)21-31(29)43-34(32)37(47)44-30-9-6-18-41-36(30)45-19-16-28(40-2)17-20-45/h3-15,18,21-23,28,40,43H,16-17,19-20H2,1-2H3,(H,44,47). The lowest BCUT2D eigenvalue weighted by Crippen LogP contribution is -2.41. The molecule has 7 rings (SSSR count). The van der Waals surface area contributed by atoms with Crippen molar-refractivity contribution in [2.75, 3.05) is 30.4 Å². The highest BCUT2D eigenvalue weighted by molar-refractivity contribution is 6.31. The Bertz CT molecular complexity index is 2030. The number of hydrogen-bond donors (Lipinski definition) is 3. The van der Waals surface area contributed by atoms with E-state index in [0.29, 0.717) is 27.5 Å². The number of fused-ring (bicyclic) bond motifs is 1. The summed E-state index contributed by atoms with van der Waals surface area (Å²) in [5.74, 6) is 0.486. The molecule has 8 nitrogen and oxygen atoms in total. The summed E-state index contributed by atoms with van der Waals surface area (Å²) in [6.45, 7) is 3.82. The summed E-state index contributed by atoms with van der Waals surface area (Å²) < 4.78 is 2.13. The van der Waals surface area contributed by atoms with Crippen LogP contribution in [0.25, 0.3) is 33.4 Å². The molecule has 0 aliphatic carbocycles. The highest BCUT2D eigenvalue weighted by Gasteiger charge is 2.29. The highest BCUT2D eigenvalue weighted by atomic mass is 35.5. The maximum absolute atomic E-state index is 14.5. The van der Waals surface area contributed by atoms with Crippen LogP contribution in [0.5, 0.6) is 0 Å². The topological polar surface area (TPSA) is 90.9 Å². The Labute approximate surface area is 283 Å². The van der Waals surface area contributed by atoms with Crippen molar-refractivity contribution in [3.8, 4) is 22.5 Å². The van der Waals surface area contributed by atoms with Gasteiger partial charge in [0, 0.05) is 57.4 Å². The van der Waals surface area contributed by atoms with Gasteiger partial charge in [0.1, 0.15) is 5.69 Å². The van der Waals surface area contributed by atoms with Crippen LogP contribution in [-0.2, 0) is 0 Å². The number of hydrogen-bond acceptors (Lipinski definition) is 5. The number of anilines is 2. The lowest BCUT2D eigenvalue weighted by Gasteiger charge is -2.33. The van der Waals surface area contributed by atoms with E-state index in [1.54, 1.807) is 6.20 Å².